The summed E-state index contributed by atoms with van der Waals surface area (Å²) in [5.41, 5.74) is 4.77. The number of methoxy groups -OCH3 is 1. The molecule has 2 aromatic carbocycles. The molecule has 94 valence electrons. The van der Waals surface area contributed by atoms with Crippen LogP contribution in [-0.4, -0.2) is 7.11 Å². The van der Waals surface area contributed by atoms with Gasteiger partial charge in [0.15, 0.2) is 0 Å². The van der Waals surface area contributed by atoms with Crippen molar-refractivity contribution in [2.24, 2.45) is 5.84 Å². The summed E-state index contributed by atoms with van der Waals surface area (Å²) < 4.78 is 5.35. The second-order valence-corrected chi connectivity index (χ2v) is 4.33. The predicted molar refractivity (Wildman–Crippen MR) is 73.6 cm³/mol. The fourth-order valence-electron chi connectivity index (χ4n) is 1.96. The van der Waals surface area contributed by atoms with Crippen molar-refractivity contribution in [1.29, 1.82) is 0 Å². The Hall–Kier alpha value is -1.55. The molecule has 0 saturated carbocycles. The van der Waals surface area contributed by atoms with Crippen molar-refractivity contribution in [3.05, 3.63) is 64.7 Å². The molecule has 2 rings (SSSR count). The van der Waals surface area contributed by atoms with E-state index in [-0.39, 0.29) is 6.04 Å². The van der Waals surface area contributed by atoms with Gasteiger partial charge in [-0.1, -0.05) is 41.9 Å². The number of hydrogen-bond donors (Lipinski definition) is 2. The van der Waals surface area contributed by atoms with Crippen molar-refractivity contribution in [1.82, 2.24) is 5.43 Å². The number of hydrazine groups is 1. The Labute approximate surface area is 111 Å². The van der Waals surface area contributed by atoms with Crippen LogP contribution >= 0.6 is 11.6 Å². The molecule has 0 aliphatic heterocycles. The lowest BCUT2D eigenvalue weighted by Crippen LogP contribution is -2.29. The number of benzene rings is 2. The lowest BCUT2D eigenvalue weighted by atomic mass is 9.98. The molecular formula is C14H15ClN2O. The number of ether oxygens (including phenoxy) is 1. The Balaban J connectivity index is 2.45. The maximum atomic E-state index is 6.01. The summed E-state index contributed by atoms with van der Waals surface area (Å²) >= 11 is 6.01. The van der Waals surface area contributed by atoms with Crippen molar-refractivity contribution in [2.45, 2.75) is 6.04 Å². The highest BCUT2D eigenvalue weighted by Crippen LogP contribution is 2.30. The number of halogens is 1. The van der Waals surface area contributed by atoms with E-state index in [1.54, 1.807) is 7.11 Å². The Morgan fingerprint density at radius 2 is 1.94 bits per heavy atom. The molecule has 3 N–H and O–H groups in total. The Bertz CT molecular complexity index is 531. The first-order valence-electron chi connectivity index (χ1n) is 5.60. The quantitative estimate of drug-likeness (QED) is 0.658. The van der Waals surface area contributed by atoms with Crippen LogP contribution in [0.25, 0.3) is 0 Å². The zero-order valence-corrected chi connectivity index (χ0v) is 10.8. The summed E-state index contributed by atoms with van der Waals surface area (Å²) in [5.74, 6) is 6.45. The highest BCUT2D eigenvalue weighted by atomic mass is 35.5. The number of nitrogens with two attached hydrogens (primary N) is 1. The summed E-state index contributed by atoms with van der Waals surface area (Å²) in [7, 11) is 1.64. The van der Waals surface area contributed by atoms with Crippen LogP contribution in [0.4, 0.5) is 0 Å². The zero-order valence-electron chi connectivity index (χ0n) is 10.1. The second-order valence-electron chi connectivity index (χ2n) is 3.90. The van der Waals surface area contributed by atoms with Gasteiger partial charge in [0, 0.05) is 10.6 Å². The van der Waals surface area contributed by atoms with Crippen LogP contribution in [0, 0.1) is 0 Å². The van der Waals surface area contributed by atoms with Gasteiger partial charge >= 0.3 is 0 Å². The molecule has 1 unspecified atom stereocenters. The Kier molecular flexibility index (Phi) is 4.20. The number of nitrogens with one attached hydrogen (secondary N) is 1. The van der Waals surface area contributed by atoms with Crippen LogP contribution in [-0.2, 0) is 0 Å². The van der Waals surface area contributed by atoms with Crippen LogP contribution in [0.15, 0.2) is 48.5 Å². The van der Waals surface area contributed by atoms with Gasteiger partial charge in [0.1, 0.15) is 5.75 Å². The third kappa shape index (κ3) is 2.64. The van der Waals surface area contributed by atoms with E-state index in [0.29, 0.717) is 5.02 Å². The monoisotopic (exact) mass is 262 g/mol. The van der Waals surface area contributed by atoms with Gasteiger partial charge < -0.3 is 4.74 Å². The summed E-state index contributed by atoms with van der Waals surface area (Å²) in [6.45, 7) is 0. The minimum absolute atomic E-state index is 0.153. The van der Waals surface area contributed by atoms with Gasteiger partial charge in [0.25, 0.3) is 0 Å². The Morgan fingerprint density at radius 1 is 1.17 bits per heavy atom. The molecule has 0 radical (unpaired) electrons. The lowest BCUT2D eigenvalue weighted by Gasteiger charge is -2.19. The highest BCUT2D eigenvalue weighted by molar-refractivity contribution is 6.30. The molecule has 4 heteroatoms. The van der Waals surface area contributed by atoms with Crippen LogP contribution in [0.5, 0.6) is 5.75 Å². The molecule has 0 aliphatic carbocycles. The number of hydrogen-bond acceptors (Lipinski definition) is 3. The van der Waals surface area contributed by atoms with Crippen molar-refractivity contribution < 1.29 is 4.74 Å². The van der Waals surface area contributed by atoms with Crippen LogP contribution in [0.1, 0.15) is 17.2 Å². The van der Waals surface area contributed by atoms with E-state index in [9.17, 15) is 0 Å². The first kappa shape index (κ1) is 12.9. The minimum Gasteiger partial charge on any atom is -0.496 e. The second kappa shape index (κ2) is 5.87. The van der Waals surface area contributed by atoms with E-state index in [0.717, 1.165) is 16.9 Å². The van der Waals surface area contributed by atoms with Gasteiger partial charge in [0.2, 0.25) is 0 Å². The lowest BCUT2D eigenvalue weighted by molar-refractivity contribution is 0.404. The molecule has 2 aromatic rings. The van der Waals surface area contributed by atoms with Crippen LogP contribution in [0.3, 0.4) is 0 Å². The van der Waals surface area contributed by atoms with Crippen LogP contribution in [0.2, 0.25) is 5.02 Å². The van der Waals surface area contributed by atoms with Crippen LogP contribution < -0.4 is 16.0 Å². The fraction of sp³-hybridized carbons (Fsp3) is 0.143. The molecule has 0 heterocycles. The fourth-order valence-corrected chi connectivity index (χ4v) is 2.16. The van der Waals surface area contributed by atoms with Crippen molar-refractivity contribution in [2.75, 3.05) is 7.11 Å². The third-order valence-electron chi connectivity index (χ3n) is 2.80. The van der Waals surface area contributed by atoms with Crippen molar-refractivity contribution in [3.8, 4) is 5.75 Å². The van der Waals surface area contributed by atoms with Gasteiger partial charge in [-0.3, -0.25) is 5.84 Å². The van der Waals surface area contributed by atoms with E-state index in [4.69, 9.17) is 22.2 Å². The van der Waals surface area contributed by atoms with Gasteiger partial charge in [-0.15, -0.1) is 0 Å². The van der Waals surface area contributed by atoms with E-state index in [2.05, 4.69) is 5.43 Å². The third-order valence-corrected chi connectivity index (χ3v) is 3.03. The van der Waals surface area contributed by atoms with Gasteiger partial charge in [-0.25, -0.2) is 5.43 Å². The molecule has 0 bridgehead atoms. The van der Waals surface area contributed by atoms with Gasteiger partial charge in [-0.2, -0.15) is 0 Å². The smallest absolute Gasteiger partial charge is 0.124 e. The van der Waals surface area contributed by atoms with E-state index in [1.807, 2.05) is 48.5 Å². The molecular weight excluding hydrogens is 248 g/mol. The normalized spacial score (nSPS) is 12.2. The molecule has 3 nitrogen and oxygen atoms in total. The SMILES string of the molecule is COc1ccccc1C(NN)c1cccc(Cl)c1. The topological polar surface area (TPSA) is 47.3 Å². The average molecular weight is 263 g/mol. The number of para-hydroxylation sites is 1. The summed E-state index contributed by atoms with van der Waals surface area (Å²) in [4.78, 5) is 0. The summed E-state index contributed by atoms with van der Waals surface area (Å²) in [6.07, 6.45) is 0. The van der Waals surface area contributed by atoms with E-state index in [1.165, 1.54) is 0 Å². The summed E-state index contributed by atoms with van der Waals surface area (Å²) in [6, 6.07) is 15.2. The maximum absolute atomic E-state index is 6.01. The van der Waals surface area contributed by atoms with Crippen molar-refractivity contribution in [3.63, 3.8) is 0 Å². The van der Waals surface area contributed by atoms with Gasteiger partial charge in [-0.05, 0) is 23.8 Å². The molecule has 0 aromatic heterocycles. The molecule has 0 spiro atoms. The highest BCUT2D eigenvalue weighted by Gasteiger charge is 2.16. The average Bonchev–Trinajstić information content (AvgIpc) is 2.40. The molecule has 0 fully saturated rings. The standard InChI is InChI=1S/C14H15ClN2O/c1-18-13-8-3-2-7-12(13)14(17-16)10-5-4-6-11(15)9-10/h2-9,14,17H,16H2,1H3. The molecule has 1 atom stereocenters. The van der Waals surface area contributed by atoms with E-state index < -0.39 is 0 Å². The first-order chi connectivity index (χ1) is 8.76. The Morgan fingerprint density at radius 3 is 2.61 bits per heavy atom. The minimum atomic E-state index is -0.153. The largest absolute Gasteiger partial charge is 0.496 e. The predicted octanol–water partition coefficient (Wildman–Crippen LogP) is 2.90. The van der Waals surface area contributed by atoms with E-state index >= 15 is 0 Å². The molecule has 0 amide bonds. The molecule has 0 aliphatic rings. The first-order valence-corrected chi connectivity index (χ1v) is 5.98. The maximum Gasteiger partial charge on any atom is 0.124 e. The molecule has 18 heavy (non-hydrogen) atoms. The van der Waals surface area contributed by atoms with Crippen molar-refractivity contribution >= 4 is 11.6 Å². The zero-order chi connectivity index (χ0) is 13.0. The number of rotatable bonds is 4. The molecule has 0 saturated heterocycles. The summed E-state index contributed by atoms with van der Waals surface area (Å²) in [5, 5.41) is 0.683. The van der Waals surface area contributed by atoms with Gasteiger partial charge in [0.05, 0.1) is 13.2 Å².